The van der Waals surface area contributed by atoms with Crippen LogP contribution in [0.15, 0.2) is 37.6 Å². The number of hydrogen-bond acceptors (Lipinski definition) is 9. The Morgan fingerprint density at radius 3 is 2.38 bits per heavy atom. The van der Waals surface area contributed by atoms with Crippen molar-refractivity contribution >= 4 is 51.7 Å². The van der Waals surface area contributed by atoms with Crippen molar-refractivity contribution in [1.82, 2.24) is 20.0 Å². The first-order chi connectivity index (χ1) is 13.8. The van der Waals surface area contributed by atoms with Gasteiger partial charge in [-0.2, -0.15) is 9.80 Å². The maximum absolute atomic E-state index is 12.7. The lowest BCUT2D eigenvalue weighted by Crippen LogP contribution is -2.16. The van der Waals surface area contributed by atoms with Gasteiger partial charge in [0.05, 0.1) is 16.8 Å². The number of carbonyl (C=O) groups is 2. The van der Waals surface area contributed by atoms with Crippen molar-refractivity contribution in [2.75, 3.05) is 6.26 Å². The molecule has 3 N–H and O–H groups in total. The first-order valence-electron chi connectivity index (χ1n) is 7.47. The molecule has 0 radical (unpaired) electrons. The van der Waals surface area contributed by atoms with Crippen LogP contribution in [-0.2, 0) is 0 Å². The molecule has 3 aromatic rings. The highest BCUT2D eigenvalue weighted by atomic mass is 32.2. The minimum absolute atomic E-state index is 0.0840. The lowest BCUT2D eigenvalue weighted by Gasteiger charge is -2.04. The first-order valence-corrected chi connectivity index (χ1v) is 9.52. The first kappa shape index (κ1) is 19.9. The Hall–Kier alpha value is -3.83. The van der Waals surface area contributed by atoms with Gasteiger partial charge in [0.1, 0.15) is 0 Å². The molecule has 0 aliphatic rings. The summed E-state index contributed by atoms with van der Waals surface area (Å²) in [5.41, 5.74) is -1.91. The second-order valence-electron chi connectivity index (χ2n) is 5.19. The molecule has 14 heteroatoms. The third-order valence-electron chi connectivity index (χ3n) is 3.44. The van der Waals surface area contributed by atoms with Gasteiger partial charge in [-0.25, -0.2) is 14.7 Å². The van der Waals surface area contributed by atoms with Gasteiger partial charge in [0.25, 0.3) is 10.9 Å². The van der Waals surface area contributed by atoms with Crippen LogP contribution in [0.25, 0.3) is 10.5 Å². The van der Waals surface area contributed by atoms with Crippen molar-refractivity contribution in [2.24, 2.45) is 10.2 Å². The van der Waals surface area contributed by atoms with Crippen LogP contribution >= 0.6 is 23.1 Å². The molecular weight excluding hydrogens is 422 g/mol. The minimum Gasteiger partial charge on any atom is -0.478 e. The van der Waals surface area contributed by atoms with Crippen molar-refractivity contribution in [3.8, 4) is 5.69 Å². The van der Waals surface area contributed by atoms with Crippen LogP contribution < -0.4 is 5.56 Å². The van der Waals surface area contributed by atoms with Gasteiger partial charge in [0, 0.05) is 0 Å². The van der Waals surface area contributed by atoms with E-state index in [1.807, 2.05) is 0 Å². The van der Waals surface area contributed by atoms with Gasteiger partial charge >= 0.3 is 17.5 Å². The summed E-state index contributed by atoms with van der Waals surface area (Å²) in [6.45, 7) is 7.22. The number of H-pyrrole nitrogens is 1. The Morgan fingerprint density at radius 2 is 1.86 bits per heavy atom. The number of aromatic nitrogens is 4. The van der Waals surface area contributed by atoms with Gasteiger partial charge in [-0.1, -0.05) is 29.7 Å². The van der Waals surface area contributed by atoms with E-state index >= 15 is 0 Å². The molecular formula is C15H9N7O5S2. The van der Waals surface area contributed by atoms with Gasteiger partial charge < -0.3 is 15.1 Å². The van der Waals surface area contributed by atoms with E-state index in [0.717, 1.165) is 34.2 Å². The fourth-order valence-corrected chi connectivity index (χ4v) is 3.25. The molecule has 0 bridgehead atoms. The van der Waals surface area contributed by atoms with Crippen molar-refractivity contribution in [1.29, 1.82) is 0 Å². The van der Waals surface area contributed by atoms with Crippen LogP contribution in [0, 0.1) is 6.57 Å². The Morgan fingerprint density at radius 1 is 1.21 bits per heavy atom. The zero-order valence-corrected chi connectivity index (χ0v) is 16.0. The van der Waals surface area contributed by atoms with E-state index in [4.69, 9.17) is 6.57 Å². The van der Waals surface area contributed by atoms with Gasteiger partial charge in [0.15, 0.2) is 10.0 Å². The maximum atomic E-state index is 12.7. The predicted octanol–water partition coefficient (Wildman–Crippen LogP) is 3.10. The predicted molar refractivity (Wildman–Crippen MR) is 102 cm³/mol. The van der Waals surface area contributed by atoms with Crippen LogP contribution in [0.5, 0.6) is 0 Å². The summed E-state index contributed by atoms with van der Waals surface area (Å²) in [4.78, 5) is 38.4. The SMILES string of the molecule is [C-]#[N+]c1[nH]n(-c2cc(C(=O)O)cc(C(=O)O)c2)c(=O)c1N=Nc1nnc(SC)s1. The number of benzene rings is 1. The van der Waals surface area contributed by atoms with E-state index in [0.29, 0.717) is 4.34 Å². The molecule has 1 aromatic carbocycles. The molecule has 0 spiro atoms. The largest absolute Gasteiger partial charge is 0.478 e. The molecule has 0 unspecified atom stereocenters. The topological polar surface area (TPSA) is 167 Å². The van der Waals surface area contributed by atoms with E-state index in [2.05, 4.69) is 30.4 Å². The average Bonchev–Trinajstić information content (AvgIpc) is 3.29. The number of nitrogens with one attached hydrogen (secondary N) is 1. The molecule has 12 nitrogen and oxygen atoms in total. The smallest absolute Gasteiger partial charge is 0.335 e. The summed E-state index contributed by atoms with van der Waals surface area (Å²) in [7, 11) is 0. The van der Waals surface area contributed by atoms with E-state index in [1.165, 1.54) is 11.8 Å². The summed E-state index contributed by atoms with van der Waals surface area (Å²) in [6, 6.07) is 3.14. The minimum atomic E-state index is -1.37. The highest BCUT2D eigenvalue weighted by Gasteiger charge is 2.19. The average molecular weight is 431 g/mol. The zero-order chi connectivity index (χ0) is 21.1. The summed E-state index contributed by atoms with van der Waals surface area (Å²) < 4.78 is 1.47. The van der Waals surface area contributed by atoms with Crippen molar-refractivity contribution in [3.05, 3.63) is 51.1 Å². The molecule has 3 rings (SSSR count). The molecule has 0 atom stereocenters. The van der Waals surface area contributed by atoms with Gasteiger partial charge in [-0.05, 0) is 24.5 Å². The van der Waals surface area contributed by atoms with Crippen LogP contribution in [0.4, 0.5) is 16.6 Å². The lowest BCUT2D eigenvalue weighted by atomic mass is 10.1. The van der Waals surface area contributed by atoms with E-state index < -0.39 is 17.5 Å². The van der Waals surface area contributed by atoms with Crippen molar-refractivity contribution in [3.63, 3.8) is 0 Å². The molecule has 0 aliphatic carbocycles. The Balaban J connectivity index is 2.11. The number of aromatic carboxylic acids is 2. The lowest BCUT2D eigenvalue weighted by molar-refractivity contribution is 0.0696. The normalized spacial score (nSPS) is 10.9. The molecule has 0 aliphatic heterocycles. The Labute approximate surface area is 169 Å². The maximum Gasteiger partial charge on any atom is 0.335 e. The van der Waals surface area contributed by atoms with E-state index in [-0.39, 0.29) is 33.5 Å². The highest BCUT2D eigenvalue weighted by Crippen LogP contribution is 2.29. The third-order valence-corrected chi connectivity index (χ3v) is 5.22. The number of rotatable bonds is 6. The van der Waals surface area contributed by atoms with E-state index in [9.17, 15) is 24.6 Å². The fraction of sp³-hybridized carbons (Fsp3) is 0.0667. The van der Waals surface area contributed by atoms with E-state index in [1.54, 1.807) is 6.26 Å². The van der Waals surface area contributed by atoms with Crippen molar-refractivity contribution in [2.45, 2.75) is 4.34 Å². The number of aromatic amines is 1. The molecule has 2 heterocycles. The van der Waals surface area contributed by atoms with Crippen LogP contribution in [0.1, 0.15) is 20.7 Å². The number of azo groups is 1. The Kier molecular flexibility index (Phi) is 5.52. The monoisotopic (exact) mass is 431 g/mol. The number of hydrogen-bond donors (Lipinski definition) is 3. The summed E-state index contributed by atoms with van der Waals surface area (Å²) in [5, 5.41) is 36.2. The quantitative estimate of drug-likeness (QED) is 0.304. The third kappa shape index (κ3) is 4.05. The highest BCUT2D eigenvalue weighted by molar-refractivity contribution is 8.00. The molecule has 0 fully saturated rings. The number of nitrogens with zero attached hydrogens (tertiary/aromatic N) is 6. The molecule has 29 heavy (non-hydrogen) atoms. The van der Waals surface area contributed by atoms with Gasteiger partial charge in [-0.3, -0.25) is 4.79 Å². The zero-order valence-electron chi connectivity index (χ0n) is 14.4. The van der Waals surface area contributed by atoms with Crippen LogP contribution in [-0.4, -0.2) is 48.4 Å². The standard InChI is InChI=1S/C15H9N7O5S2/c1-16-10-9(17-18-14-19-20-15(28-2)29-14)11(23)22(21-10)8-4-6(12(24)25)3-7(5-8)13(26)27/h3-5,21H,2H3,(H,24,25)(H,26,27). The molecule has 0 amide bonds. The fourth-order valence-electron chi connectivity index (χ4n) is 2.17. The Bertz CT molecular complexity index is 1220. The summed E-state index contributed by atoms with van der Waals surface area (Å²) >= 11 is 2.50. The molecule has 0 saturated carbocycles. The van der Waals surface area contributed by atoms with Gasteiger partial charge in [-0.15, -0.1) is 15.3 Å². The second-order valence-corrected chi connectivity index (χ2v) is 7.20. The summed E-state index contributed by atoms with van der Waals surface area (Å²) in [6.07, 6.45) is 1.81. The number of carboxylic acid groups (broad SMARTS) is 2. The van der Waals surface area contributed by atoms with Crippen LogP contribution in [0.3, 0.4) is 0 Å². The molecule has 0 saturated heterocycles. The number of carboxylic acids is 2. The molecule has 146 valence electrons. The van der Waals surface area contributed by atoms with Gasteiger partial charge in [0.2, 0.25) is 0 Å². The molecule has 2 aromatic heterocycles. The second kappa shape index (κ2) is 8.04. The van der Waals surface area contributed by atoms with Crippen LogP contribution in [0.2, 0.25) is 0 Å². The number of thioether (sulfide) groups is 1. The van der Waals surface area contributed by atoms with Crippen molar-refractivity contribution < 1.29 is 19.8 Å². The summed E-state index contributed by atoms with van der Waals surface area (Å²) in [5.74, 6) is -3.01.